The molecule has 7 heteroatoms. The van der Waals surface area contributed by atoms with Crippen molar-refractivity contribution >= 4 is 5.91 Å². The Balaban J connectivity index is 1.57. The molecular formula is C14H15N5O2. The second-order valence-corrected chi connectivity index (χ2v) is 5.62. The Labute approximate surface area is 120 Å². The smallest absolute Gasteiger partial charge is 0.270 e. The van der Waals surface area contributed by atoms with Gasteiger partial charge in [0, 0.05) is 18.5 Å². The van der Waals surface area contributed by atoms with E-state index in [2.05, 4.69) is 20.3 Å². The van der Waals surface area contributed by atoms with Crippen molar-refractivity contribution in [3.63, 3.8) is 0 Å². The number of imidazole rings is 1. The van der Waals surface area contributed by atoms with Gasteiger partial charge in [0.15, 0.2) is 0 Å². The summed E-state index contributed by atoms with van der Waals surface area (Å²) in [5, 5.41) is 2.94. The highest BCUT2D eigenvalue weighted by molar-refractivity contribution is 5.92. The van der Waals surface area contributed by atoms with Crippen LogP contribution in [0.15, 0.2) is 23.4 Å². The lowest BCUT2D eigenvalue weighted by Crippen LogP contribution is -2.29. The van der Waals surface area contributed by atoms with Gasteiger partial charge in [-0.25, -0.2) is 9.97 Å². The summed E-state index contributed by atoms with van der Waals surface area (Å²) in [6, 6.07) is 1.19. The normalized spacial score (nSPS) is 20.3. The molecule has 0 radical (unpaired) electrons. The molecule has 1 unspecified atom stereocenters. The topological polar surface area (TPSA) is 92.7 Å². The third-order valence-corrected chi connectivity index (χ3v) is 4.02. The van der Waals surface area contributed by atoms with Crippen molar-refractivity contribution in [1.29, 1.82) is 0 Å². The van der Waals surface area contributed by atoms with Crippen molar-refractivity contribution in [3.8, 4) is 0 Å². The first-order chi connectivity index (χ1) is 10.2. The minimum absolute atomic E-state index is 0.0644. The third kappa shape index (κ3) is 2.24. The number of H-pyrrole nitrogens is 1. The Morgan fingerprint density at radius 1 is 1.38 bits per heavy atom. The molecule has 21 heavy (non-hydrogen) atoms. The van der Waals surface area contributed by atoms with Gasteiger partial charge in [0.2, 0.25) is 0 Å². The van der Waals surface area contributed by atoms with E-state index >= 15 is 0 Å². The van der Waals surface area contributed by atoms with Crippen LogP contribution in [0.2, 0.25) is 0 Å². The fourth-order valence-corrected chi connectivity index (χ4v) is 2.75. The van der Waals surface area contributed by atoms with E-state index in [0.29, 0.717) is 11.7 Å². The monoisotopic (exact) mass is 285 g/mol. The lowest BCUT2D eigenvalue weighted by molar-refractivity contribution is 0.0931. The van der Waals surface area contributed by atoms with Crippen molar-refractivity contribution in [2.75, 3.05) is 0 Å². The van der Waals surface area contributed by atoms with Gasteiger partial charge in [-0.2, -0.15) is 0 Å². The molecule has 0 aromatic carbocycles. The van der Waals surface area contributed by atoms with Crippen LogP contribution in [0.25, 0.3) is 0 Å². The van der Waals surface area contributed by atoms with E-state index in [1.807, 2.05) is 4.57 Å². The minimum atomic E-state index is -0.303. The summed E-state index contributed by atoms with van der Waals surface area (Å²) in [6.45, 7) is 0.844. The Kier molecular flexibility index (Phi) is 2.66. The number of carbonyl (C=O) groups excluding carboxylic acids is 1. The van der Waals surface area contributed by atoms with Gasteiger partial charge in [-0.3, -0.25) is 9.59 Å². The Morgan fingerprint density at radius 3 is 3.05 bits per heavy atom. The fourth-order valence-electron chi connectivity index (χ4n) is 2.75. The Morgan fingerprint density at radius 2 is 2.24 bits per heavy atom. The number of nitrogens with zero attached hydrogens (tertiary/aromatic N) is 3. The molecule has 0 bridgehead atoms. The number of hydrogen-bond donors (Lipinski definition) is 2. The minimum Gasteiger partial charge on any atom is -0.342 e. The number of nitrogens with one attached hydrogen (secondary N) is 2. The zero-order chi connectivity index (χ0) is 14.4. The number of rotatable bonds is 3. The number of amides is 1. The van der Waals surface area contributed by atoms with Crippen LogP contribution in [0.3, 0.4) is 0 Å². The zero-order valence-corrected chi connectivity index (χ0v) is 11.4. The van der Waals surface area contributed by atoms with E-state index in [9.17, 15) is 9.59 Å². The van der Waals surface area contributed by atoms with Crippen molar-refractivity contribution < 1.29 is 4.79 Å². The van der Waals surface area contributed by atoms with Crippen LogP contribution < -0.4 is 10.9 Å². The number of aryl methyl sites for hydroxylation is 1. The molecule has 2 aromatic heterocycles. The molecule has 4 rings (SSSR count). The van der Waals surface area contributed by atoms with Gasteiger partial charge in [0.05, 0.1) is 24.3 Å². The zero-order valence-electron chi connectivity index (χ0n) is 11.4. The fraction of sp³-hybridized carbons (Fsp3) is 0.429. The maximum Gasteiger partial charge on any atom is 0.270 e. The molecule has 1 aliphatic carbocycles. The van der Waals surface area contributed by atoms with Crippen molar-refractivity contribution in [2.45, 2.75) is 37.8 Å². The van der Waals surface area contributed by atoms with Crippen LogP contribution in [0.4, 0.5) is 0 Å². The van der Waals surface area contributed by atoms with Crippen molar-refractivity contribution in [3.05, 3.63) is 46.2 Å². The first-order valence-electron chi connectivity index (χ1n) is 7.13. The molecule has 1 fully saturated rings. The van der Waals surface area contributed by atoms with Crippen LogP contribution >= 0.6 is 0 Å². The van der Waals surface area contributed by atoms with Crippen LogP contribution in [0.1, 0.15) is 53.2 Å². The van der Waals surface area contributed by atoms with Crippen molar-refractivity contribution in [2.24, 2.45) is 0 Å². The highest BCUT2D eigenvalue weighted by Gasteiger charge is 2.28. The maximum absolute atomic E-state index is 12.3. The molecule has 108 valence electrons. The SMILES string of the molecule is O=C(NC1CCn2cncc21)c1cc(=O)[nH]c(C2CC2)n1. The summed E-state index contributed by atoms with van der Waals surface area (Å²) in [5.74, 6) is 0.630. The summed E-state index contributed by atoms with van der Waals surface area (Å²) in [7, 11) is 0. The standard InChI is InChI=1S/C14H15N5O2/c20-12-5-10(16-13(18-12)8-1-2-8)14(21)17-9-3-4-19-7-15-6-11(9)19/h5-9H,1-4H2,(H,17,21)(H,16,18,20). The quantitative estimate of drug-likeness (QED) is 0.869. The molecule has 1 amide bonds. The lowest BCUT2D eigenvalue weighted by atomic mass is 10.2. The van der Waals surface area contributed by atoms with Gasteiger partial charge in [-0.05, 0) is 19.3 Å². The van der Waals surface area contributed by atoms with Gasteiger partial charge in [-0.15, -0.1) is 0 Å². The van der Waals surface area contributed by atoms with E-state index < -0.39 is 0 Å². The summed E-state index contributed by atoms with van der Waals surface area (Å²) in [4.78, 5) is 35.1. The molecule has 2 aromatic rings. The molecule has 3 heterocycles. The predicted octanol–water partition coefficient (Wildman–Crippen LogP) is 0.719. The molecule has 1 aliphatic heterocycles. The van der Waals surface area contributed by atoms with Crippen LogP contribution in [-0.2, 0) is 6.54 Å². The second-order valence-electron chi connectivity index (χ2n) is 5.62. The number of aromatic amines is 1. The van der Waals surface area contributed by atoms with E-state index in [4.69, 9.17) is 0 Å². The average molecular weight is 285 g/mol. The number of fused-ring (bicyclic) bond motifs is 1. The van der Waals surface area contributed by atoms with Gasteiger partial charge < -0.3 is 14.9 Å². The lowest BCUT2D eigenvalue weighted by Gasteiger charge is -2.11. The molecule has 2 aliphatic rings. The van der Waals surface area contributed by atoms with E-state index in [0.717, 1.165) is 31.5 Å². The highest BCUT2D eigenvalue weighted by atomic mass is 16.2. The van der Waals surface area contributed by atoms with Crippen LogP contribution in [0.5, 0.6) is 0 Å². The summed E-state index contributed by atoms with van der Waals surface area (Å²) >= 11 is 0. The van der Waals surface area contributed by atoms with E-state index in [1.165, 1.54) is 6.07 Å². The molecular weight excluding hydrogens is 270 g/mol. The molecule has 1 atom stereocenters. The Bertz CT molecular complexity index is 759. The number of carbonyl (C=O) groups is 1. The third-order valence-electron chi connectivity index (χ3n) is 4.02. The molecule has 0 saturated heterocycles. The number of aromatic nitrogens is 4. The van der Waals surface area contributed by atoms with Gasteiger partial charge in [0.25, 0.3) is 11.5 Å². The molecule has 2 N–H and O–H groups in total. The predicted molar refractivity (Wildman–Crippen MR) is 73.9 cm³/mol. The summed E-state index contributed by atoms with van der Waals surface area (Å²) < 4.78 is 2.02. The van der Waals surface area contributed by atoms with Crippen LogP contribution in [-0.4, -0.2) is 25.4 Å². The van der Waals surface area contributed by atoms with E-state index in [1.54, 1.807) is 12.5 Å². The maximum atomic E-state index is 12.3. The second kappa shape index (κ2) is 4.54. The van der Waals surface area contributed by atoms with Gasteiger partial charge in [0.1, 0.15) is 11.5 Å². The first kappa shape index (κ1) is 12.3. The van der Waals surface area contributed by atoms with Gasteiger partial charge >= 0.3 is 0 Å². The summed E-state index contributed by atoms with van der Waals surface area (Å²) in [6.07, 6.45) is 6.41. The molecule has 0 spiro atoms. The van der Waals surface area contributed by atoms with Crippen LogP contribution in [0, 0.1) is 0 Å². The summed E-state index contributed by atoms with van der Waals surface area (Å²) in [5.41, 5.74) is 0.919. The molecule has 1 saturated carbocycles. The van der Waals surface area contributed by atoms with E-state index in [-0.39, 0.29) is 23.2 Å². The van der Waals surface area contributed by atoms with Crippen molar-refractivity contribution in [1.82, 2.24) is 24.8 Å². The van der Waals surface area contributed by atoms with Gasteiger partial charge in [-0.1, -0.05) is 0 Å². The Hall–Kier alpha value is -2.44. The first-order valence-corrected chi connectivity index (χ1v) is 7.13. The highest BCUT2D eigenvalue weighted by Crippen LogP contribution is 2.37. The number of hydrogen-bond acceptors (Lipinski definition) is 4. The average Bonchev–Trinajstić information content (AvgIpc) is 3.10. The molecule has 7 nitrogen and oxygen atoms in total. The largest absolute Gasteiger partial charge is 0.342 e.